The summed E-state index contributed by atoms with van der Waals surface area (Å²) in [7, 11) is 2.82. The highest BCUT2D eigenvalue weighted by molar-refractivity contribution is 5.87. The van der Waals surface area contributed by atoms with Crippen LogP contribution in [0.4, 0.5) is 4.79 Å². The van der Waals surface area contributed by atoms with Crippen LogP contribution in [-0.2, 0) is 19.1 Å². The summed E-state index contributed by atoms with van der Waals surface area (Å²) >= 11 is 0. The maximum atomic E-state index is 14.1. The third kappa shape index (κ3) is 8.56. The second-order valence-corrected chi connectivity index (χ2v) is 15.9. The third-order valence-corrected chi connectivity index (χ3v) is 12.0. The van der Waals surface area contributed by atoms with E-state index in [1.54, 1.807) is 4.90 Å². The number of H-pyrrole nitrogens is 2. The van der Waals surface area contributed by atoms with Crippen LogP contribution >= 0.6 is 0 Å². The monoisotopic (exact) mass is 832 g/mol. The molecular formula is C49H52N8O5. The van der Waals surface area contributed by atoms with Gasteiger partial charge < -0.3 is 39.9 Å². The van der Waals surface area contributed by atoms with E-state index >= 15 is 0 Å². The molecular weight excluding hydrogens is 781 g/mol. The van der Waals surface area contributed by atoms with Crippen LogP contribution in [0.1, 0.15) is 83.8 Å². The van der Waals surface area contributed by atoms with E-state index in [4.69, 9.17) is 19.4 Å². The summed E-state index contributed by atoms with van der Waals surface area (Å²) in [5.41, 5.74) is 9.75. The molecule has 2 aliphatic heterocycles. The van der Waals surface area contributed by atoms with E-state index in [-0.39, 0.29) is 23.9 Å². The number of methoxy groups -OCH3 is 2. The standard InChI is InChI=1S/C49H52N8O5/c1-30-26-35(39-28-50-45(53-39)41-18-12-24-56(41)47(58)43(52-32(3)61-4)33-14-8-6-9-15-33)20-22-37(30)38-23-21-36(27-31(38)2)40-29-51-46(54-40)42-19-13-25-57(42)48(59)44(55-49(60)62-5)34-16-10-7-11-17-34/h6-11,14-17,20-23,26-29,41-44,52H,3,12-13,18-19,24-25H2,1-2,4-5H3,(H,50,53)(H,51,54)(H,55,60)/t41-,42-,43+,44+/m0/s1. The zero-order valence-electron chi connectivity index (χ0n) is 35.5. The van der Waals surface area contributed by atoms with Crippen molar-refractivity contribution in [3.05, 3.63) is 156 Å². The summed E-state index contributed by atoms with van der Waals surface area (Å²) in [6, 6.07) is 29.7. The van der Waals surface area contributed by atoms with E-state index in [1.165, 1.54) is 14.2 Å². The fraction of sp³-hybridized carbons (Fsp3) is 0.286. The number of aryl methyl sites for hydroxylation is 2. The van der Waals surface area contributed by atoms with Gasteiger partial charge in [0.15, 0.2) is 5.88 Å². The molecule has 0 aliphatic carbocycles. The molecule has 0 bridgehead atoms. The van der Waals surface area contributed by atoms with Gasteiger partial charge in [0.25, 0.3) is 5.91 Å². The second kappa shape index (κ2) is 18.2. The minimum Gasteiger partial charge on any atom is -0.483 e. The summed E-state index contributed by atoms with van der Waals surface area (Å²) in [5, 5.41) is 5.89. The number of aromatic nitrogens is 4. The van der Waals surface area contributed by atoms with Crippen LogP contribution in [0.25, 0.3) is 33.6 Å². The Morgan fingerprint density at radius 3 is 1.53 bits per heavy atom. The van der Waals surface area contributed by atoms with Gasteiger partial charge in [0.2, 0.25) is 5.91 Å². The van der Waals surface area contributed by atoms with Gasteiger partial charge in [-0.2, -0.15) is 0 Å². The summed E-state index contributed by atoms with van der Waals surface area (Å²) in [5.74, 6) is 1.53. The number of nitrogens with one attached hydrogen (secondary N) is 4. The third-order valence-electron chi connectivity index (χ3n) is 12.0. The molecule has 2 fully saturated rings. The maximum absolute atomic E-state index is 14.1. The molecule has 318 valence electrons. The lowest BCUT2D eigenvalue weighted by molar-refractivity contribution is -0.135. The number of hydrogen-bond donors (Lipinski definition) is 4. The number of rotatable bonds is 13. The number of benzene rings is 4. The first-order valence-corrected chi connectivity index (χ1v) is 21.0. The van der Waals surface area contributed by atoms with Gasteiger partial charge in [-0.25, -0.2) is 14.8 Å². The number of aromatic amines is 2. The van der Waals surface area contributed by atoms with Crippen molar-refractivity contribution in [3.8, 4) is 33.6 Å². The molecule has 0 unspecified atom stereocenters. The van der Waals surface area contributed by atoms with E-state index in [0.717, 1.165) is 81.8 Å². The van der Waals surface area contributed by atoms with Crippen molar-refractivity contribution in [1.82, 2.24) is 40.4 Å². The fourth-order valence-electron chi connectivity index (χ4n) is 8.80. The number of hydrogen-bond acceptors (Lipinski definition) is 8. The topological polar surface area (TPSA) is 158 Å². The summed E-state index contributed by atoms with van der Waals surface area (Å²) < 4.78 is 10.1. The van der Waals surface area contributed by atoms with Gasteiger partial charge in [-0.3, -0.25) is 9.59 Å². The van der Waals surface area contributed by atoms with E-state index in [9.17, 15) is 14.4 Å². The van der Waals surface area contributed by atoms with Crippen LogP contribution in [0.3, 0.4) is 0 Å². The van der Waals surface area contributed by atoms with Gasteiger partial charge >= 0.3 is 6.09 Å². The van der Waals surface area contributed by atoms with Crippen LogP contribution in [0, 0.1) is 13.8 Å². The molecule has 4 N–H and O–H groups in total. The largest absolute Gasteiger partial charge is 0.483 e. The number of nitrogens with zero attached hydrogens (tertiary/aromatic N) is 4. The Labute approximate surface area is 361 Å². The summed E-state index contributed by atoms with van der Waals surface area (Å²) in [4.78, 5) is 60.6. The second-order valence-electron chi connectivity index (χ2n) is 15.9. The molecule has 0 saturated carbocycles. The number of imidazole rings is 2. The minimum atomic E-state index is -0.881. The number of carbonyl (C=O) groups excluding carboxylic acids is 3. The Kier molecular flexibility index (Phi) is 12.2. The average molecular weight is 833 g/mol. The molecule has 2 aromatic heterocycles. The Bertz CT molecular complexity index is 2390. The first-order valence-electron chi connectivity index (χ1n) is 21.0. The molecule has 13 nitrogen and oxygen atoms in total. The molecule has 2 aliphatic rings. The number of likely N-dealkylation sites (tertiary alicyclic amines) is 2. The van der Waals surface area contributed by atoms with Crippen molar-refractivity contribution in [2.24, 2.45) is 0 Å². The zero-order valence-corrected chi connectivity index (χ0v) is 35.5. The van der Waals surface area contributed by atoms with Crippen molar-refractivity contribution >= 4 is 17.9 Å². The molecule has 62 heavy (non-hydrogen) atoms. The summed E-state index contributed by atoms with van der Waals surface area (Å²) in [6.07, 6.45) is 6.26. The molecule has 0 spiro atoms. The fourth-order valence-corrected chi connectivity index (χ4v) is 8.80. The Morgan fingerprint density at radius 2 is 1.11 bits per heavy atom. The molecule has 2 saturated heterocycles. The molecule has 8 rings (SSSR count). The van der Waals surface area contributed by atoms with Crippen molar-refractivity contribution in [2.45, 2.75) is 63.7 Å². The predicted octanol–water partition coefficient (Wildman–Crippen LogP) is 8.62. The highest BCUT2D eigenvalue weighted by Gasteiger charge is 2.38. The number of ether oxygens (including phenoxy) is 2. The molecule has 4 aromatic carbocycles. The zero-order chi connectivity index (χ0) is 43.3. The SMILES string of the molecule is C=C(N[C@@H](C(=O)N1CCC[C@H]1c1ncc(-c2ccc(-c3ccc(-c4cnc([C@@H]5CCCN5C(=O)[C@H](NC(=O)OC)c5ccccc5)[nH]4)cc3C)c(C)c2)[nH]1)c1ccccc1)OC. The smallest absolute Gasteiger partial charge is 0.407 e. The van der Waals surface area contributed by atoms with Crippen molar-refractivity contribution in [2.75, 3.05) is 27.3 Å². The normalized spacial score (nSPS) is 17.0. The number of amides is 3. The van der Waals surface area contributed by atoms with Gasteiger partial charge in [-0.15, -0.1) is 0 Å². The Hall–Kier alpha value is -7.15. The lowest BCUT2D eigenvalue weighted by Gasteiger charge is -2.29. The quantitative estimate of drug-likeness (QED) is 0.0843. The minimum absolute atomic E-state index is 0.0552. The van der Waals surface area contributed by atoms with Crippen LogP contribution in [0.2, 0.25) is 0 Å². The van der Waals surface area contributed by atoms with Crippen molar-refractivity contribution in [3.63, 3.8) is 0 Å². The van der Waals surface area contributed by atoms with Crippen LogP contribution in [0.5, 0.6) is 0 Å². The molecule has 13 heteroatoms. The van der Waals surface area contributed by atoms with E-state index in [2.05, 4.69) is 77.4 Å². The van der Waals surface area contributed by atoms with E-state index in [1.807, 2.05) is 78.0 Å². The highest BCUT2D eigenvalue weighted by Crippen LogP contribution is 2.38. The highest BCUT2D eigenvalue weighted by atomic mass is 16.5. The average Bonchev–Trinajstić information content (AvgIpc) is 4.15. The Balaban J connectivity index is 0.965. The molecule has 4 atom stereocenters. The lowest BCUT2D eigenvalue weighted by Crippen LogP contribution is -2.42. The van der Waals surface area contributed by atoms with Crippen LogP contribution < -0.4 is 10.6 Å². The molecule has 6 aromatic rings. The van der Waals surface area contributed by atoms with Gasteiger partial charge in [0.1, 0.15) is 23.7 Å². The predicted molar refractivity (Wildman–Crippen MR) is 237 cm³/mol. The lowest BCUT2D eigenvalue weighted by atomic mass is 9.93. The van der Waals surface area contributed by atoms with Crippen molar-refractivity contribution in [1.29, 1.82) is 0 Å². The molecule has 4 heterocycles. The van der Waals surface area contributed by atoms with Gasteiger partial charge in [0, 0.05) is 13.1 Å². The van der Waals surface area contributed by atoms with E-state index < -0.39 is 18.2 Å². The number of carbonyl (C=O) groups is 3. The van der Waals surface area contributed by atoms with Crippen molar-refractivity contribution < 1.29 is 23.9 Å². The van der Waals surface area contributed by atoms with Gasteiger partial charge in [-0.1, -0.05) is 84.9 Å². The molecule has 0 radical (unpaired) electrons. The van der Waals surface area contributed by atoms with Gasteiger partial charge in [0.05, 0.1) is 50.1 Å². The Morgan fingerprint density at radius 1 is 0.661 bits per heavy atom. The molecule has 3 amide bonds. The van der Waals surface area contributed by atoms with Crippen LogP contribution in [0.15, 0.2) is 122 Å². The number of alkyl carbamates (subject to hydrolysis) is 1. The summed E-state index contributed by atoms with van der Waals surface area (Å²) in [6.45, 7) is 9.32. The first kappa shape index (κ1) is 41.6. The van der Waals surface area contributed by atoms with Crippen LogP contribution in [-0.4, -0.2) is 75.0 Å². The first-order chi connectivity index (χ1) is 30.1. The van der Waals surface area contributed by atoms with Gasteiger partial charge in [-0.05, 0) is 103 Å². The maximum Gasteiger partial charge on any atom is 0.407 e. The van der Waals surface area contributed by atoms with E-state index in [0.29, 0.717) is 30.4 Å².